The first-order chi connectivity index (χ1) is 22.8. The lowest BCUT2D eigenvalue weighted by molar-refractivity contribution is -0.161. The molecule has 9 nitrogen and oxygen atoms in total. The van der Waals surface area contributed by atoms with Crippen molar-refractivity contribution in [3.63, 3.8) is 0 Å². The largest absolute Gasteiger partial charge is 0.504 e. The van der Waals surface area contributed by atoms with Crippen LogP contribution in [0.15, 0.2) is 73.1 Å². The summed E-state index contributed by atoms with van der Waals surface area (Å²) in [4.78, 5) is 34.6. The summed E-state index contributed by atoms with van der Waals surface area (Å²) >= 11 is 14.1. The number of halogens is 2. The summed E-state index contributed by atoms with van der Waals surface area (Å²) in [5.74, 6) is -0.242. The third kappa shape index (κ3) is 7.90. The van der Waals surface area contributed by atoms with Crippen molar-refractivity contribution in [1.29, 1.82) is 0 Å². The summed E-state index contributed by atoms with van der Waals surface area (Å²) in [5, 5.41) is 14.2. The van der Waals surface area contributed by atoms with Gasteiger partial charge in [-0.05, 0) is 72.8 Å². The molecule has 3 atom stereocenters. The summed E-state index contributed by atoms with van der Waals surface area (Å²) in [7, 11) is 1.44. The zero-order valence-electron chi connectivity index (χ0n) is 25.7. The molecule has 246 valence electrons. The SMILES string of the molecule is COc1cc([C@H](Cc2c(Cl)cncc2Cl)OC(=O)c2ccc(CNC(C(=O)OC3CN4CCC3CC4)c3ccccc3)s2)ccc1O. The van der Waals surface area contributed by atoms with Crippen LogP contribution in [-0.2, 0) is 27.2 Å². The van der Waals surface area contributed by atoms with Crippen LogP contribution < -0.4 is 10.1 Å². The number of nitrogens with one attached hydrogen (secondary N) is 1. The summed E-state index contributed by atoms with van der Waals surface area (Å²) in [6.07, 6.45) is 4.33. The highest BCUT2D eigenvalue weighted by molar-refractivity contribution is 7.13. The van der Waals surface area contributed by atoms with Crippen LogP contribution in [0.3, 0.4) is 0 Å². The zero-order valence-corrected chi connectivity index (χ0v) is 28.1. The number of carbonyl (C=O) groups is 2. The van der Waals surface area contributed by atoms with Crippen LogP contribution in [0.2, 0.25) is 10.0 Å². The Morgan fingerprint density at radius 1 is 1.04 bits per heavy atom. The van der Waals surface area contributed by atoms with Crippen LogP contribution in [0.1, 0.15) is 56.2 Å². The second-order valence-corrected chi connectivity index (χ2v) is 13.7. The van der Waals surface area contributed by atoms with E-state index in [1.807, 2.05) is 36.4 Å². The van der Waals surface area contributed by atoms with Gasteiger partial charge in [0.05, 0.1) is 17.2 Å². The number of thiophene rings is 1. The number of hydrogen-bond acceptors (Lipinski definition) is 10. The van der Waals surface area contributed by atoms with E-state index in [9.17, 15) is 14.7 Å². The molecule has 0 aliphatic carbocycles. The topological polar surface area (TPSA) is 110 Å². The average Bonchev–Trinajstić information content (AvgIpc) is 3.57. The molecule has 2 aromatic carbocycles. The van der Waals surface area contributed by atoms with Crippen molar-refractivity contribution >= 4 is 46.5 Å². The summed E-state index contributed by atoms with van der Waals surface area (Å²) in [6, 6.07) is 17.2. The molecule has 3 fully saturated rings. The number of phenolic OH excluding ortho intramolecular Hbond substituents is 1. The van der Waals surface area contributed by atoms with Gasteiger partial charge in [-0.2, -0.15) is 0 Å². The van der Waals surface area contributed by atoms with Gasteiger partial charge >= 0.3 is 11.9 Å². The Morgan fingerprint density at radius 3 is 2.47 bits per heavy atom. The van der Waals surface area contributed by atoms with E-state index in [4.69, 9.17) is 37.4 Å². The minimum Gasteiger partial charge on any atom is -0.504 e. The number of rotatable bonds is 12. The first-order valence-electron chi connectivity index (χ1n) is 15.4. The molecule has 3 aliphatic heterocycles. The summed E-state index contributed by atoms with van der Waals surface area (Å²) < 4.78 is 17.4. The van der Waals surface area contributed by atoms with Crippen molar-refractivity contribution in [3.8, 4) is 11.5 Å². The molecule has 47 heavy (non-hydrogen) atoms. The van der Waals surface area contributed by atoms with Crippen LogP contribution in [0.4, 0.5) is 0 Å². The Morgan fingerprint density at radius 2 is 1.79 bits per heavy atom. The van der Waals surface area contributed by atoms with Crippen molar-refractivity contribution in [2.24, 2.45) is 5.92 Å². The van der Waals surface area contributed by atoms with E-state index < -0.39 is 18.1 Å². The van der Waals surface area contributed by atoms with Crippen LogP contribution in [0.5, 0.6) is 11.5 Å². The Balaban J connectivity index is 1.16. The maximum Gasteiger partial charge on any atom is 0.348 e. The molecule has 0 radical (unpaired) electrons. The minimum atomic E-state index is -0.804. The number of methoxy groups -OCH3 is 1. The van der Waals surface area contributed by atoms with Gasteiger partial charge in [0.2, 0.25) is 0 Å². The number of ether oxygens (including phenoxy) is 3. The first-order valence-corrected chi connectivity index (χ1v) is 17.0. The van der Waals surface area contributed by atoms with Crippen LogP contribution in [0.25, 0.3) is 0 Å². The highest BCUT2D eigenvalue weighted by Gasteiger charge is 2.38. The second-order valence-electron chi connectivity index (χ2n) is 11.7. The number of carbonyl (C=O) groups excluding carboxylic acids is 2. The number of aromatic nitrogens is 1. The van der Waals surface area contributed by atoms with Gasteiger partial charge < -0.3 is 19.3 Å². The lowest BCUT2D eigenvalue weighted by atomic mass is 9.86. The molecule has 4 aromatic rings. The number of aromatic hydroxyl groups is 1. The molecule has 7 rings (SSSR count). The van der Waals surface area contributed by atoms with Crippen molar-refractivity contribution < 1.29 is 28.9 Å². The van der Waals surface area contributed by atoms with E-state index in [0.29, 0.717) is 38.5 Å². The molecule has 2 aromatic heterocycles. The third-order valence-corrected chi connectivity index (χ3v) is 10.5. The fraction of sp³-hybridized carbons (Fsp3) is 0.343. The third-order valence-electron chi connectivity index (χ3n) is 8.74. The fourth-order valence-corrected chi connectivity index (χ4v) is 7.52. The molecule has 0 amide bonds. The fourth-order valence-electron chi connectivity index (χ4n) is 6.16. The van der Waals surface area contributed by atoms with E-state index in [1.54, 1.807) is 18.2 Å². The quantitative estimate of drug-likeness (QED) is 0.155. The number of nitrogens with zero attached hydrogens (tertiary/aromatic N) is 2. The Bertz CT molecular complexity index is 1690. The maximum absolute atomic E-state index is 13.5. The van der Waals surface area contributed by atoms with E-state index in [2.05, 4.69) is 15.2 Å². The molecule has 5 heterocycles. The molecular formula is C35H35Cl2N3O6S. The van der Waals surface area contributed by atoms with Gasteiger partial charge in [-0.25, -0.2) is 9.59 Å². The van der Waals surface area contributed by atoms with Gasteiger partial charge in [-0.15, -0.1) is 11.3 Å². The van der Waals surface area contributed by atoms with Crippen LogP contribution in [-0.4, -0.2) is 59.8 Å². The summed E-state index contributed by atoms with van der Waals surface area (Å²) in [5.41, 5.74) is 1.97. The van der Waals surface area contributed by atoms with Gasteiger partial charge in [0.1, 0.15) is 23.1 Å². The predicted octanol–water partition coefficient (Wildman–Crippen LogP) is 6.77. The van der Waals surface area contributed by atoms with Crippen molar-refractivity contribution in [3.05, 3.63) is 110 Å². The molecule has 2 unspecified atom stereocenters. The normalized spacial score (nSPS) is 19.9. The lowest BCUT2D eigenvalue weighted by Crippen LogP contribution is -2.52. The Hall–Kier alpha value is -3.67. The summed E-state index contributed by atoms with van der Waals surface area (Å²) in [6.45, 7) is 3.26. The molecule has 3 aliphatic rings. The number of piperidine rings is 3. The highest BCUT2D eigenvalue weighted by atomic mass is 35.5. The van der Waals surface area contributed by atoms with E-state index >= 15 is 0 Å². The number of benzene rings is 2. The van der Waals surface area contributed by atoms with Crippen LogP contribution >= 0.6 is 34.5 Å². The van der Waals surface area contributed by atoms with Gasteiger partial charge in [-0.1, -0.05) is 59.6 Å². The maximum atomic E-state index is 13.5. The van der Waals surface area contributed by atoms with E-state index in [1.165, 1.54) is 36.9 Å². The average molecular weight is 697 g/mol. The molecular weight excluding hydrogens is 661 g/mol. The molecule has 12 heteroatoms. The van der Waals surface area contributed by atoms with E-state index in [-0.39, 0.29) is 30.0 Å². The highest BCUT2D eigenvalue weighted by Crippen LogP contribution is 2.36. The van der Waals surface area contributed by atoms with Gasteiger partial charge in [-0.3, -0.25) is 15.2 Å². The van der Waals surface area contributed by atoms with Crippen LogP contribution in [0, 0.1) is 5.92 Å². The molecule has 2 N–H and O–H groups in total. The van der Waals surface area contributed by atoms with Crippen molar-refractivity contribution in [2.75, 3.05) is 26.7 Å². The van der Waals surface area contributed by atoms with E-state index in [0.717, 1.165) is 42.9 Å². The number of phenols is 1. The van der Waals surface area contributed by atoms with Crippen molar-refractivity contribution in [1.82, 2.24) is 15.2 Å². The second kappa shape index (κ2) is 15.0. The molecule has 2 bridgehead atoms. The van der Waals surface area contributed by atoms with Crippen molar-refractivity contribution in [2.45, 2.75) is 44.1 Å². The lowest BCUT2D eigenvalue weighted by Gasteiger charge is -2.44. The molecule has 3 saturated heterocycles. The first kappa shape index (κ1) is 33.2. The van der Waals surface area contributed by atoms with Gasteiger partial charge in [0, 0.05) is 36.8 Å². The molecule has 0 spiro atoms. The standard InChI is InChI=1S/C35H35Cl2N3O6S/c1-44-30-15-23(7-9-28(30)41)29(16-25-26(36)18-38-19-27(25)37)45-34(42)32-10-8-24(47-32)17-39-33(22-5-3-2-4-6-22)35(43)46-31-20-40-13-11-21(31)12-14-40/h2-10,15,18-19,21,29,31,33,39,41H,11-14,16-17,20H2,1H3/t29-,31?,33?/m0/s1. The smallest absolute Gasteiger partial charge is 0.348 e. The number of hydrogen-bond donors (Lipinski definition) is 2. The number of esters is 2. The molecule has 0 saturated carbocycles. The number of pyridine rings is 1. The Kier molecular flexibility index (Phi) is 10.6. The predicted molar refractivity (Wildman–Crippen MR) is 180 cm³/mol. The minimum absolute atomic E-state index is 0.0434. The Labute approximate surface area is 287 Å². The van der Waals surface area contributed by atoms with Gasteiger partial charge in [0.25, 0.3) is 0 Å². The monoisotopic (exact) mass is 695 g/mol. The number of fused-ring (bicyclic) bond motifs is 3. The van der Waals surface area contributed by atoms with Gasteiger partial charge in [0.15, 0.2) is 11.5 Å². The zero-order chi connectivity index (χ0) is 32.9.